The summed E-state index contributed by atoms with van der Waals surface area (Å²) in [4.78, 5) is 23.9. The fourth-order valence-electron chi connectivity index (χ4n) is 4.05. The standard InChI is InChI=1S/C24H24N2O5/c1-15-13-16(31-26-15)7-6-12-22(23(27)28)25-24(29)30-14-21-19-10-4-2-8-17(19)18-9-3-5-11-20(18)21/h2-5,8-11,13,21-22H,6-7,12,14H2,1H3,(H,25,29)(H,27,28). The summed E-state index contributed by atoms with van der Waals surface area (Å²) in [6.45, 7) is 1.97. The highest BCUT2D eigenvalue weighted by atomic mass is 16.5. The molecule has 3 aromatic rings. The number of hydrogen-bond acceptors (Lipinski definition) is 5. The Morgan fingerprint density at radius 2 is 1.77 bits per heavy atom. The van der Waals surface area contributed by atoms with Gasteiger partial charge in [-0.15, -0.1) is 0 Å². The van der Waals surface area contributed by atoms with E-state index < -0.39 is 18.1 Å². The molecule has 160 valence electrons. The molecule has 0 saturated carbocycles. The number of alkyl carbamates (subject to hydrolysis) is 1. The van der Waals surface area contributed by atoms with Crippen LogP contribution in [0.4, 0.5) is 4.79 Å². The lowest BCUT2D eigenvalue weighted by Crippen LogP contribution is -2.41. The van der Waals surface area contributed by atoms with Gasteiger partial charge in [-0.05, 0) is 42.0 Å². The molecule has 0 fully saturated rings. The summed E-state index contributed by atoms with van der Waals surface area (Å²) in [5, 5.41) is 15.7. The number of ether oxygens (including phenoxy) is 1. The molecule has 1 aliphatic rings. The summed E-state index contributed by atoms with van der Waals surface area (Å²) in [5.41, 5.74) is 5.26. The molecule has 1 unspecified atom stereocenters. The van der Waals surface area contributed by atoms with Crippen molar-refractivity contribution in [2.24, 2.45) is 0 Å². The van der Waals surface area contributed by atoms with Crippen LogP contribution in [0.1, 0.15) is 41.3 Å². The number of carbonyl (C=O) groups excluding carboxylic acids is 1. The zero-order valence-electron chi connectivity index (χ0n) is 17.2. The minimum atomic E-state index is -1.10. The highest BCUT2D eigenvalue weighted by Crippen LogP contribution is 2.44. The van der Waals surface area contributed by atoms with Gasteiger partial charge in [-0.3, -0.25) is 0 Å². The smallest absolute Gasteiger partial charge is 0.407 e. The van der Waals surface area contributed by atoms with Gasteiger partial charge in [0.1, 0.15) is 18.4 Å². The number of aryl methyl sites for hydroxylation is 2. The highest BCUT2D eigenvalue weighted by molar-refractivity contribution is 5.81. The molecule has 7 heteroatoms. The summed E-state index contributed by atoms with van der Waals surface area (Å²) in [5.74, 6) is -0.471. The molecular weight excluding hydrogens is 396 g/mol. The minimum Gasteiger partial charge on any atom is -0.480 e. The van der Waals surface area contributed by atoms with E-state index in [0.717, 1.165) is 27.9 Å². The second-order valence-corrected chi connectivity index (χ2v) is 7.69. The molecule has 1 atom stereocenters. The predicted molar refractivity (Wildman–Crippen MR) is 114 cm³/mol. The first-order valence-electron chi connectivity index (χ1n) is 10.3. The molecule has 1 aromatic heterocycles. The Kier molecular flexibility index (Phi) is 6.02. The molecule has 2 aromatic carbocycles. The number of carbonyl (C=O) groups is 2. The third kappa shape index (κ3) is 4.60. The maximum Gasteiger partial charge on any atom is 0.407 e. The first kappa shape index (κ1) is 20.7. The van der Waals surface area contributed by atoms with E-state index in [9.17, 15) is 14.7 Å². The molecule has 0 aliphatic heterocycles. The second-order valence-electron chi connectivity index (χ2n) is 7.69. The molecule has 1 amide bonds. The van der Waals surface area contributed by atoms with Crippen molar-refractivity contribution in [3.63, 3.8) is 0 Å². The van der Waals surface area contributed by atoms with E-state index >= 15 is 0 Å². The van der Waals surface area contributed by atoms with Crippen molar-refractivity contribution in [1.82, 2.24) is 10.5 Å². The molecule has 0 saturated heterocycles. The summed E-state index contributed by atoms with van der Waals surface area (Å²) in [6, 6.07) is 16.9. The van der Waals surface area contributed by atoms with Crippen molar-refractivity contribution in [1.29, 1.82) is 0 Å². The molecule has 0 spiro atoms. The van der Waals surface area contributed by atoms with Crippen molar-refractivity contribution >= 4 is 12.1 Å². The average molecular weight is 420 g/mol. The van der Waals surface area contributed by atoms with E-state index in [1.165, 1.54) is 0 Å². The Bertz CT molecular complexity index is 1050. The van der Waals surface area contributed by atoms with Gasteiger partial charge < -0.3 is 19.7 Å². The van der Waals surface area contributed by atoms with E-state index in [4.69, 9.17) is 9.26 Å². The first-order chi connectivity index (χ1) is 15.0. The van der Waals surface area contributed by atoms with Gasteiger partial charge in [0.2, 0.25) is 0 Å². The number of amides is 1. The Morgan fingerprint density at radius 1 is 1.13 bits per heavy atom. The number of hydrogen-bond donors (Lipinski definition) is 2. The zero-order valence-corrected chi connectivity index (χ0v) is 17.2. The topological polar surface area (TPSA) is 102 Å². The second kappa shape index (κ2) is 9.04. The van der Waals surface area contributed by atoms with Gasteiger partial charge in [-0.2, -0.15) is 0 Å². The number of carboxylic acid groups (broad SMARTS) is 1. The van der Waals surface area contributed by atoms with Crippen LogP contribution in [0.25, 0.3) is 11.1 Å². The monoisotopic (exact) mass is 420 g/mol. The van der Waals surface area contributed by atoms with E-state index in [-0.39, 0.29) is 18.9 Å². The Balaban J connectivity index is 1.34. The van der Waals surface area contributed by atoms with Crippen molar-refractivity contribution < 1.29 is 24.0 Å². The normalized spacial score (nSPS) is 13.3. The lowest BCUT2D eigenvalue weighted by Gasteiger charge is -2.17. The van der Waals surface area contributed by atoms with Gasteiger partial charge in [-0.1, -0.05) is 53.7 Å². The van der Waals surface area contributed by atoms with E-state index in [1.54, 1.807) is 0 Å². The summed E-state index contributed by atoms with van der Waals surface area (Å²) in [7, 11) is 0. The first-order valence-corrected chi connectivity index (χ1v) is 10.3. The number of aliphatic carboxylic acids is 1. The van der Waals surface area contributed by atoms with E-state index in [1.807, 2.05) is 49.4 Å². The van der Waals surface area contributed by atoms with Crippen LogP contribution < -0.4 is 5.32 Å². The van der Waals surface area contributed by atoms with Crippen LogP contribution in [0.15, 0.2) is 59.1 Å². The minimum absolute atomic E-state index is 0.0730. The highest BCUT2D eigenvalue weighted by Gasteiger charge is 2.29. The third-order valence-corrected chi connectivity index (χ3v) is 5.53. The van der Waals surface area contributed by atoms with Crippen LogP contribution in [0, 0.1) is 6.92 Å². The molecule has 4 rings (SSSR count). The molecule has 1 heterocycles. The Hall–Kier alpha value is -3.61. The molecule has 31 heavy (non-hydrogen) atoms. The quantitative estimate of drug-likeness (QED) is 0.563. The molecule has 0 radical (unpaired) electrons. The van der Waals surface area contributed by atoms with Crippen LogP contribution in [-0.2, 0) is 16.0 Å². The van der Waals surface area contributed by atoms with Crippen LogP contribution in [0.3, 0.4) is 0 Å². The van der Waals surface area contributed by atoms with Gasteiger partial charge in [0.05, 0.1) is 5.69 Å². The lowest BCUT2D eigenvalue weighted by atomic mass is 9.98. The summed E-state index contributed by atoms with van der Waals surface area (Å²) in [6.07, 6.45) is 0.621. The zero-order chi connectivity index (χ0) is 21.8. The molecule has 1 aliphatic carbocycles. The number of nitrogens with zero attached hydrogens (tertiary/aromatic N) is 1. The van der Waals surface area contributed by atoms with Crippen molar-refractivity contribution in [2.75, 3.05) is 6.61 Å². The van der Waals surface area contributed by atoms with Gasteiger partial charge in [-0.25, -0.2) is 9.59 Å². The molecule has 0 bridgehead atoms. The summed E-state index contributed by atoms with van der Waals surface area (Å²) >= 11 is 0. The van der Waals surface area contributed by atoms with Crippen molar-refractivity contribution in [3.05, 3.63) is 77.2 Å². The number of benzene rings is 2. The molecular formula is C24H24N2O5. The van der Waals surface area contributed by atoms with Crippen LogP contribution in [0.5, 0.6) is 0 Å². The van der Waals surface area contributed by atoms with E-state index in [0.29, 0.717) is 18.6 Å². The Morgan fingerprint density at radius 3 is 2.35 bits per heavy atom. The number of carboxylic acids is 1. The Labute approximate surface area is 180 Å². The van der Waals surface area contributed by atoms with Crippen molar-refractivity contribution in [2.45, 2.75) is 38.1 Å². The maximum absolute atomic E-state index is 12.3. The van der Waals surface area contributed by atoms with Gasteiger partial charge in [0.25, 0.3) is 0 Å². The molecule has 7 nitrogen and oxygen atoms in total. The van der Waals surface area contributed by atoms with Gasteiger partial charge in [0.15, 0.2) is 0 Å². The lowest BCUT2D eigenvalue weighted by molar-refractivity contribution is -0.139. The number of rotatable bonds is 8. The van der Waals surface area contributed by atoms with Crippen LogP contribution in [0.2, 0.25) is 0 Å². The molecule has 2 N–H and O–H groups in total. The summed E-state index contributed by atoms with van der Waals surface area (Å²) < 4.78 is 10.6. The average Bonchev–Trinajstić information content (AvgIpc) is 3.32. The van der Waals surface area contributed by atoms with Crippen LogP contribution >= 0.6 is 0 Å². The fraction of sp³-hybridized carbons (Fsp3) is 0.292. The fourth-order valence-corrected chi connectivity index (χ4v) is 4.05. The SMILES string of the molecule is Cc1cc(CCCC(NC(=O)OCC2c3ccccc3-c3ccccc32)C(=O)O)on1. The number of aromatic nitrogens is 1. The number of fused-ring (bicyclic) bond motifs is 3. The third-order valence-electron chi connectivity index (χ3n) is 5.53. The maximum atomic E-state index is 12.3. The van der Waals surface area contributed by atoms with Crippen molar-refractivity contribution in [3.8, 4) is 11.1 Å². The van der Waals surface area contributed by atoms with Gasteiger partial charge >= 0.3 is 12.1 Å². The van der Waals surface area contributed by atoms with Gasteiger partial charge in [0, 0.05) is 18.4 Å². The largest absolute Gasteiger partial charge is 0.480 e. The van der Waals surface area contributed by atoms with E-state index in [2.05, 4.69) is 22.6 Å². The predicted octanol–water partition coefficient (Wildman–Crippen LogP) is 4.30. The number of nitrogens with one attached hydrogen (secondary N) is 1. The van der Waals surface area contributed by atoms with Crippen LogP contribution in [-0.4, -0.2) is 35.0 Å².